The van der Waals surface area contributed by atoms with Crippen LogP contribution in [0.2, 0.25) is 0 Å². The lowest BCUT2D eigenvalue weighted by Crippen LogP contribution is -2.13. The first kappa shape index (κ1) is 17.9. The fraction of sp³-hybridized carbons (Fsp3) is 0.190. The van der Waals surface area contributed by atoms with Crippen LogP contribution in [-0.4, -0.2) is 26.6 Å². The number of pyridine rings is 1. The van der Waals surface area contributed by atoms with Crippen molar-refractivity contribution in [1.29, 1.82) is 0 Å². The number of halogens is 2. The van der Waals surface area contributed by atoms with Crippen molar-refractivity contribution in [3.8, 4) is 11.8 Å². The first-order chi connectivity index (χ1) is 13.4. The van der Waals surface area contributed by atoms with Crippen molar-refractivity contribution in [1.82, 2.24) is 14.8 Å². The second-order valence-corrected chi connectivity index (χ2v) is 6.64. The van der Waals surface area contributed by atoms with Gasteiger partial charge >= 0.3 is 0 Å². The molecule has 1 aliphatic rings. The summed E-state index contributed by atoms with van der Waals surface area (Å²) in [5.41, 5.74) is 2.85. The molecule has 0 bridgehead atoms. The number of amides is 1. The summed E-state index contributed by atoms with van der Waals surface area (Å²) < 4.78 is 27.5. The molecule has 7 heteroatoms. The van der Waals surface area contributed by atoms with Gasteiger partial charge in [0.1, 0.15) is 6.04 Å². The average molecular weight is 378 g/mol. The van der Waals surface area contributed by atoms with Gasteiger partial charge in [-0.3, -0.25) is 14.5 Å². The van der Waals surface area contributed by atoms with E-state index in [2.05, 4.69) is 27.2 Å². The molecule has 1 fully saturated rings. The summed E-state index contributed by atoms with van der Waals surface area (Å²) in [5.74, 6) is 3.21. The number of carbonyl (C=O) groups is 1. The fourth-order valence-electron chi connectivity index (χ4n) is 2.73. The maximum atomic E-state index is 13.1. The second kappa shape index (κ2) is 6.89. The Bertz CT molecular complexity index is 1100. The van der Waals surface area contributed by atoms with Gasteiger partial charge < -0.3 is 5.32 Å². The smallest absolute Gasteiger partial charge is 0.272 e. The van der Waals surface area contributed by atoms with E-state index in [0.717, 1.165) is 16.7 Å². The number of nitrogens with zero attached hydrogens (tertiary/aromatic N) is 3. The van der Waals surface area contributed by atoms with Gasteiger partial charge in [-0.05, 0) is 36.8 Å². The van der Waals surface area contributed by atoms with Gasteiger partial charge in [0, 0.05) is 47.8 Å². The summed E-state index contributed by atoms with van der Waals surface area (Å²) in [6.45, 7) is 1.91. The van der Waals surface area contributed by atoms with Crippen molar-refractivity contribution in [3.63, 3.8) is 0 Å². The molecular weight excluding hydrogens is 362 g/mol. The molecule has 140 valence electrons. The highest BCUT2D eigenvalue weighted by atomic mass is 19.3. The SMILES string of the molecule is Cc1ccc(C(=O)Nc2ccn(C3CC3(F)F)n2)cc1C#Cc1cccnc1. The van der Waals surface area contributed by atoms with Gasteiger partial charge in [-0.15, -0.1) is 0 Å². The number of aromatic nitrogens is 3. The lowest BCUT2D eigenvalue weighted by Gasteiger charge is -2.05. The number of alkyl halides is 2. The standard InChI is InChI=1S/C21H16F2N4O/c1-14-4-6-17(11-16(14)7-5-15-3-2-9-24-13-15)20(28)25-19-8-10-27(26-19)18-12-21(18,22)23/h2-4,6,8-11,13,18H,12H2,1H3,(H,25,26,28). The molecule has 3 aromatic rings. The summed E-state index contributed by atoms with van der Waals surface area (Å²) in [6.07, 6.45) is 4.56. The van der Waals surface area contributed by atoms with Gasteiger partial charge in [-0.25, -0.2) is 8.78 Å². The highest BCUT2D eigenvalue weighted by Crippen LogP contribution is 2.52. The first-order valence-electron chi connectivity index (χ1n) is 8.69. The minimum Gasteiger partial charge on any atom is -0.305 e. The van der Waals surface area contributed by atoms with Crippen LogP contribution in [0.25, 0.3) is 0 Å². The van der Waals surface area contributed by atoms with E-state index in [9.17, 15) is 13.6 Å². The van der Waals surface area contributed by atoms with Gasteiger partial charge in [-0.1, -0.05) is 17.9 Å². The molecule has 28 heavy (non-hydrogen) atoms. The van der Waals surface area contributed by atoms with Gasteiger partial charge in [0.2, 0.25) is 0 Å². The van der Waals surface area contributed by atoms with Gasteiger partial charge in [0.15, 0.2) is 5.82 Å². The zero-order valence-corrected chi connectivity index (χ0v) is 15.0. The highest BCUT2D eigenvalue weighted by molar-refractivity contribution is 6.04. The van der Waals surface area contributed by atoms with Crippen LogP contribution in [0, 0.1) is 18.8 Å². The number of benzene rings is 1. The summed E-state index contributed by atoms with van der Waals surface area (Å²) in [6, 6.07) is 9.43. The molecule has 2 aromatic heterocycles. The van der Waals surface area contributed by atoms with E-state index >= 15 is 0 Å². The van der Waals surface area contributed by atoms with Crippen LogP contribution in [0.4, 0.5) is 14.6 Å². The molecule has 1 saturated carbocycles. The number of aryl methyl sites for hydroxylation is 1. The normalized spacial score (nSPS) is 16.8. The molecule has 0 saturated heterocycles. The molecule has 1 N–H and O–H groups in total. The Hall–Kier alpha value is -3.53. The molecule has 5 nitrogen and oxygen atoms in total. The molecule has 1 aromatic carbocycles. The van der Waals surface area contributed by atoms with E-state index in [0.29, 0.717) is 5.56 Å². The lowest BCUT2D eigenvalue weighted by atomic mass is 10.0. The van der Waals surface area contributed by atoms with Crippen molar-refractivity contribution in [2.75, 3.05) is 5.32 Å². The Labute approximate surface area is 160 Å². The Balaban J connectivity index is 1.50. The first-order valence-corrected chi connectivity index (χ1v) is 8.69. The maximum absolute atomic E-state index is 13.1. The van der Waals surface area contributed by atoms with Gasteiger partial charge in [-0.2, -0.15) is 5.10 Å². The van der Waals surface area contributed by atoms with Crippen LogP contribution in [0.5, 0.6) is 0 Å². The third-order valence-corrected chi connectivity index (χ3v) is 4.46. The van der Waals surface area contributed by atoms with E-state index in [-0.39, 0.29) is 18.1 Å². The van der Waals surface area contributed by atoms with Crippen molar-refractivity contribution in [3.05, 3.63) is 77.2 Å². The summed E-state index contributed by atoms with van der Waals surface area (Å²) in [4.78, 5) is 16.5. The molecule has 0 radical (unpaired) electrons. The number of hydrogen-bond acceptors (Lipinski definition) is 3. The van der Waals surface area contributed by atoms with Gasteiger partial charge in [0.05, 0.1) is 0 Å². The van der Waals surface area contributed by atoms with E-state index in [1.54, 1.807) is 30.6 Å². The molecule has 1 aliphatic carbocycles. The Kier molecular flexibility index (Phi) is 4.40. The Morgan fingerprint density at radius 3 is 2.82 bits per heavy atom. The second-order valence-electron chi connectivity index (χ2n) is 6.64. The number of hydrogen-bond donors (Lipinski definition) is 1. The molecule has 2 heterocycles. The van der Waals surface area contributed by atoms with Gasteiger partial charge in [0.25, 0.3) is 11.8 Å². The van der Waals surface area contributed by atoms with Crippen molar-refractivity contribution >= 4 is 11.7 Å². The van der Waals surface area contributed by atoms with E-state index < -0.39 is 12.0 Å². The third-order valence-electron chi connectivity index (χ3n) is 4.46. The number of anilines is 1. The molecule has 1 atom stereocenters. The Morgan fingerprint density at radius 1 is 1.29 bits per heavy atom. The van der Waals surface area contributed by atoms with Crippen LogP contribution in [0.1, 0.15) is 39.5 Å². The Morgan fingerprint density at radius 2 is 2.11 bits per heavy atom. The van der Waals surface area contributed by atoms with E-state index in [1.165, 1.54) is 16.9 Å². The minimum absolute atomic E-state index is 0.223. The van der Waals surface area contributed by atoms with E-state index in [4.69, 9.17) is 0 Å². The number of nitrogens with one attached hydrogen (secondary N) is 1. The average Bonchev–Trinajstić information content (AvgIpc) is 3.09. The molecular formula is C21H16F2N4O. The van der Waals surface area contributed by atoms with Crippen molar-refractivity contribution in [2.45, 2.75) is 25.3 Å². The van der Waals surface area contributed by atoms with E-state index in [1.807, 2.05) is 19.1 Å². The fourth-order valence-corrected chi connectivity index (χ4v) is 2.73. The molecule has 0 spiro atoms. The summed E-state index contributed by atoms with van der Waals surface area (Å²) in [7, 11) is 0. The largest absolute Gasteiger partial charge is 0.305 e. The molecule has 0 aliphatic heterocycles. The van der Waals surface area contributed by atoms with Crippen molar-refractivity contribution < 1.29 is 13.6 Å². The lowest BCUT2D eigenvalue weighted by molar-refractivity contribution is 0.0984. The predicted molar refractivity (Wildman–Crippen MR) is 100 cm³/mol. The molecule has 1 unspecified atom stereocenters. The number of rotatable bonds is 3. The quantitative estimate of drug-likeness (QED) is 0.705. The van der Waals surface area contributed by atoms with Crippen LogP contribution >= 0.6 is 0 Å². The number of carbonyl (C=O) groups excluding carboxylic acids is 1. The monoisotopic (exact) mass is 378 g/mol. The maximum Gasteiger partial charge on any atom is 0.272 e. The summed E-state index contributed by atoms with van der Waals surface area (Å²) >= 11 is 0. The van der Waals surface area contributed by atoms with Crippen LogP contribution in [0.3, 0.4) is 0 Å². The van der Waals surface area contributed by atoms with Crippen LogP contribution in [-0.2, 0) is 0 Å². The third kappa shape index (κ3) is 3.76. The van der Waals surface area contributed by atoms with Crippen molar-refractivity contribution in [2.24, 2.45) is 0 Å². The summed E-state index contributed by atoms with van der Waals surface area (Å²) in [5, 5.41) is 6.65. The zero-order valence-electron chi connectivity index (χ0n) is 15.0. The van der Waals surface area contributed by atoms with Crippen LogP contribution < -0.4 is 5.32 Å². The topological polar surface area (TPSA) is 59.8 Å². The highest BCUT2D eigenvalue weighted by Gasteiger charge is 2.59. The molecule has 4 rings (SSSR count). The predicted octanol–water partition coefficient (Wildman–Crippen LogP) is 3.82. The zero-order chi connectivity index (χ0) is 19.7. The molecule has 1 amide bonds. The van der Waals surface area contributed by atoms with Crippen LogP contribution in [0.15, 0.2) is 55.0 Å². The minimum atomic E-state index is -2.72.